The van der Waals surface area contributed by atoms with E-state index in [1.165, 1.54) is 5.69 Å². The molecule has 0 spiro atoms. The molecule has 0 aliphatic heterocycles. The molecule has 0 saturated heterocycles. The topological polar surface area (TPSA) is 43.8 Å². The van der Waals surface area contributed by atoms with Gasteiger partial charge in [-0.05, 0) is 13.3 Å². The molecule has 0 amide bonds. The molecule has 0 aliphatic carbocycles. The van der Waals surface area contributed by atoms with Gasteiger partial charge in [0.25, 0.3) is 0 Å². The average Bonchev–Trinajstić information content (AvgIpc) is 2.46. The first-order valence-corrected chi connectivity index (χ1v) is 5.17. The first-order chi connectivity index (χ1) is 6.41. The van der Waals surface area contributed by atoms with Crippen molar-refractivity contribution in [1.29, 1.82) is 0 Å². The summed E-state index contributed by atoms with van der Waals surface area (Å²) >= 11 is 0. The van der Waals surface area contributed by atoms with E-state index in [2.05, 4.69) is 30.3 Å². The Balaban J connectivity index is 2.73. The van der Waals surface area contributed by atoms with Gasteiger partial charge in [-0.15, -0.1) is 0 Å². The van der Waals surface area contributed by atoms with Gasteiger partial charge in [-0.2, -0.15) is 0 Å². The minimum absolute atomic E-state index is 0.161. The van der Waals surface area contributed by atoms with Crippen LogP contribution in [0.3, 0.4) is 0 Å². The van der Waals surface area contributed by atoms with E-state index in [4.69, 9.17) is 5.73 Å². The van der Waals surface area contributed by atoms with Crippen LogP contribution in [0, 0.1) is 0 Å². The molecule has 1 unspecified atom stereocenters. The number of rotatable bonds is 3. The van der Waals surface area contributed by atoms with Gasteiger partial charge < -0.3 is 10.3 Å². The molecule has 3 heteroatoms. The van der Waals surface area contributed by atoms with E-state index in [0.29, 0.717) is 0 Å². The molecule has 80 valence electrons. The smallest absolute Gasteiger partial charge is 0.0948 e. The molecular weight excluding hydrogens is 174 g/mol. The van der Waals surface area contributed by atoms with Crippen LogP contribution in [0.25, 0.3) is 0 Å². The van der Waals surface area contributed by atoms with Gasteiger partial charge in [-0.1, -0.05) is 20.8 Å². The zero-order chi connectivity index (χ0) is 10.8. The number of aryl methyl sites for hydroxylation is 1. The lowest BCUT2D eigenvalue weighted by atomic mass is 9.92. The Bertz CT molecular complexity index is 281. The molecular formula is C11H21N3. The number of imidazole rings is 1. The number of nitrogens with two attached hydrogens (primary N) is 1. The van der Waals surface area contributed by atoms with Gasteiger partial charge in [0.2, 0.25) is 0 Å². The highest BCUT2D eigenvalue weighted by molar-refractivity contribution is 5.10. The normalized spacial score (nSPS) is 14.4. The molecule has 0 aromatic carbocycles. The van der Waals surface area contributed by atoms with Crippen LogP contribution in [0.1, 0.15) is 39.8 Å². The summed E-state index contributed by atoms with van der Waals surface area (Å²) in [6.07, 6.45) is 4.84. The van der Waals surface area contributed by atoms with Crippen molar-refractivity contribution in [3.05, 3.63) is 18.2 Å². The van der Waals surface area contributed by atoms with Crippen molar-refractivity contribution in [2.24, 2.45) is 5.73 Å². The van der Waals surface area contributed by atoms with Crippen molar-refractivity contribution in [1.82, 2.24) is 9.55 Å². The second kappa shape index (κ2) is 4.13. The van der Waals surface area contributed by atoms with Gasteiger partial charge in [0, 0.05) is 29.9 Å². The molecule has 0 bridgehead atoms. The Kier molecular flexibility index (Phi) is 3.32. The van der Waals surface area contributed by atoms with E-state index in [0.717, 1.165) is 13.0 Å². The third kappa shape index (κ3) is 2.84. The Morgan fingerprint density at radius 1 is 1.50 bits per heavy atom. The van der Waals surface area contributed by atoms with Crippen LogP contribution in [0.15, 0.2) is 12.5 Å². The van der Waals surface area contributed by atoms with E-state index in [9.17, 15) is 0 Å². The molecule has 0 fully saturated rings. The maximum absolute atomic E-state index is 5.73. The summed E-state index contributed by atoms with van der Waals surface area (Å²) in [5, 5.41) is 0. The second-order valence-electron chi connectivity index (χ2n) is 4.99. The van der Waals surface area contributed by atoms with Crippen molar-refractivity contribution in [2.75, 3.05) is 0 Å². The lowest BCUT2D eigenvalue weighted by Gasteiger charge is -2.21. The molecule has 1 atom stereocenters. The fraction of sp³-hybridized carbons (Fsp3) is 0.727. The molecule has 1 aromatic rings. The summed E-state index contributed by atoms with van der Waals surface area (Å²) in [7, 11) is 0. The number of aromatic nitrogens is 2. The van der Waals surface area contributed by atoms with Gasteiger partial charge in [0.05, 0.1) is 6.33 Å². The summed E-state index contributed by atoms with van der Waals surface area (Å²) < 4.78 is 2.20. The van der Waals surface area contributed by atoms with Gasteiger partial charge in [-0.25, -0.2) is 4.98 Å². The molecule has 0 radical (unpaired) electrons. The van der Waals surface area contributed by atoms with Crippen LogP contribution in [-0.4, -0.2) is 15.6 Å². The van der Waals surface area contributed by atoms with E-state index in [1.54, 1.807) is 0 Å². The zero-order valence-electron chi connectivity index (χ0n) is 9.62. The lowest BCUT2D eigenvalue weighted by molar-refractivity contribution is 0.491. The van der Waals surface area contributed by atoms with E-state index < -0.39 is 0 Å². The standard InChI is InChI=1S/C11H21N3/c1-9(12)5-6-14-8-13-7-10(14)11(2,3)4/h7-9H,5-6,12H2,1-4H3. The first kappa shape index (κ1) is 11.2. The van der Waals surface area contributed by atoms with E-state index in [1.807, 2.05) is 19.4 Å². The Labute approximate surface area is 86.3 Å². The van der Waals surface area contributed by atoms with Crippen LogP contribution in [-0.2, 0) is 12.0 Å². The summed E-state index contributed by atoms with van der Waals surface area (Å²) in [4.78, 5) is 4.19. The van der Waals surface area contributed by atoms with Gasteiger partial charge >= 0.3 is 0 Å². The summed E-state index contributed by atoms with van der Waals surface area (Å²) in [6, 6.07) is 0.255. The zero-order valence-corrected chi connectivity index (χ0v) is 9.62. The number of hydrogen-bond acceptors (Lipinski definition) is 2. The molecule has 14 heavy (non-hydrogen) atoms. The fourth-order valence-corrected chi connectivity index (χ4v) is 1.47. The van der Waals surface area contributed by atoms with Crippen molar-refractivity contribution < 1.29 is 0 Å². The highest BCUT2D eigenvalue weighted by atomic mass is 15.1. The monoisotopic (exact) mass is 195 g/mol. The Morgan fingerprint density at radius 3 is 2.64 bits per heavy atom. The largest absolute Gasteiger partial charge is 0.334 e. The van der Waals surface area contributed by atoms with Crippen LogP contribution >= 0.6 is 0 Å². The van der Waals surface area contributed by atoms with Gasteiger partial charge in [-0.3, -0.25) is 0 Å². The minimum Gasteiger partial charge on any atom is -0.334 e. The van der Waals surface area contributed by atoms with Crippen molar-refractivity contribution in [3.8, 4) is 0 Å². The van der Waals surface area contributed by atoms with Crippen LogP contribution in [0.4, 0.5) is 0 Å². The molecule has 2 N–H and O–H groups in total. The summed E-state index contributed by atoms with van der Waals surface area (Å²) in [5.74, 6) is 0. The van der Waals surface area contributed by atoms with Crippen LogP contribution in [0.2, 0.25) is 0 Å². The third-order valence-electron chi connectivity index (χ3n) is 2.31. The summed E-state index contributed by atoms with van der Waals surface area (Å²) in [6.45, 7) is 9.60. The van der Waals surface area contributed by atoms with Crippen molar-refractivity contribution in [3.63, 3.8) is 0 Å². The van der Waals surface area contributed by atoms with Crippen LogP contribution < -0.4 is 5.73 Å². The van der Waals surface area contributed by atoms with E-state index >= 15 is 0 Å². The predicted octanol–water partition coefficient (Wildman–Crippen LogP) is 1.92. The highest BCUT2D eigenvalue weighted by Gasteiger charge is 2.18. The molecule has 1 rings (SSSR count). The quantitative estimate of drug-likeness (QED) is 0.800. The van der Waals surface area contributed by atoms with E-state index in [-0.39, 0.29) is 11.5 Å². The van der Waals surface area contributed by atoms with Gasteiger partial charge in [0.15, 0.2) is 0 Å². The SMILES string of the molecule is CC(N)CCn1cncc1C(C)(C)C. The molecule has 1 heterocycles. The fourth-order valence-electron chi connectivity index (χ4n) is 1.47. The van der Waals surface area contributed by atoms with Crippen molar-refractivity contribution >= 4 is 0 Å². The second-order valence-corrected chi connectivity index (χ2v) is 4.99. The maximum atomic E-state index is 5.73. The maximum Gasteiger partial charge on any atom is 0.0948 e. The number of hydrogen-bond donors (Lipinski definition) is 1. The first-order valence-electron chi connectivity index (χ1n) is 5.17. The highest BCUT2D eigenvalue weighted by Crippen LogP contribution is 2.21. The molecule has 0 saturated carbocycles. The van der Waals surface area contributed by atoms with Crippen molar-refractivity contribution in [2.45, 2.75) is 52.1 Å². The van der Waals surface area contributed by atoms with Crippen LogP contribution in [0.5, 0.6) is 0 Å². The molecule has 1 aromatic heterocycles. The third-order valence-corrected chi connectivity index (χ3v) is 2.31. The predicted molar refractivity (Wildman–Crippen MR) is 59.2 cm³/mol. The molecule has 0 aliphatic rings. The average molecular weight is 195 g/mol. The summed E-state index contributed by atoms with van der Waals surface area (Å²) in [5.41, 5.74) is 7.17. The Morgan fingerprint density at radius 2 is 2.14 bits per heavy atom. The number of nitrogens with zero attached hydrogens (tertiary/aromatic N) is 2. The van der Waals surface area contributed by atoms with Gasteiger partial charge in [0.1, 0.15) is 0 Å². The Hall–Kier alpha value is -0.830. The lowest BCUT2D eigenvalue weighted by Crippen LogP contribution is -2.21. The minimum atomic E-state index is 0.161. The molecule has 3 nitrogen and oxygen atoms in total.